The fourth-order valence-electron chi connectivity index (χ4n) is 2.97. The number of alkyl halides is 1. The molecule has 0 bridgehead atoms. The Morgan fingerprint density at radius 3 is 1.50 bits per heavy atom. The van der Waals surface area contributed by atoms with Crippen molar-refractivity contribution < 1.29 is 34.1 Å². The Bertz CT molecular complexity index is 656. The molecule has 3 heteroatoms. The normalized spacial score (nSPS) is 19.5. The van der Waals surface area contributed by atoms with E-state index >= 15 is 0 Å². The molecule has 26 heavy (non-hydrogen) atoms. The average molecular weight is 445 g/mol. The summed E-state index contributed by atoms with van der Waals surface area (Å²) in [6.07, 6.45) is 1.07. The molecule has 1 unspecified atom stereocenters. The minimum absolute atomic E-state index is 0. The predicted octanol–water partition coefficient (Wildman–Crippen LogP) is 6.23. The van der Waals surface area contributed by atoms with E-state index in [0.29, 0.717) is 0 Å². The SMILES string of the molecule is ClC1CC1([c-]1cccc1)[c-]1[cH-][cH-][cH-][cH-]1.[Fe].[Fe].c1cc[cH-]c1.c1cc[cH-]c1. The van der Waals surface area contributed by atoms with Crippen LogP contribution in [0.5, 0.6) is 0 Å². The molecule has 4 aromatic carbocycles. The van der Waals surface area contributed by atoms with Gasteiger partial charge >= 0.3 is 0 Å². The molecule has 0 saturated heterocycles. The summed E-state index contributed by atoms with van der Waals surface area (Å²) in [6, 6.07) is 37.0. The minimum Gasteiger partial charge on any atom is -0.748 e. The third-order valence-corrected chi connectivity index (χ3v) is 4.87. The Balaban J connectivity index is 0.000000235. The van der Waals surface area contributed by atoms with Gasteiger partial charge in [-0.1, -0.05) is 6.42 Å². The first-order chi connectivity index (χ1) is 11.8. The van der Waals surface area contributed by atoms with Gasteiger partial charge in [0.1, 0.15) is 0 Å². The molecule has 0 amide bonds. The first-order valence-electron chi connectivity index (χ1n) is 8.26. The molecule has 144 valence electrons. The third kappa shape index (κ3) is 5.61. The van der Waals surface area contributed by atoms with Crippen molar-refractivity contribution in [2.45, 2.75) is 17.2 Å². The molecule has 0 N–H and O–H groups in total. The number of halogens is 1. The third-order valence-electron chi connectivity index (χ3n) is 4.34. The molecule has 1 fully saturated rings. The number of hydrogen-bond acceptors (Lipinski definition) is 0. The zero-order valence-corrected chi connectivity index (χ0v) is 17.2. The summed E-state index contributed by atoms with van der Waals surface area (Å²) in [6.45, 7) is 0. The van der Waals surface area contributed by atoms with E-state index in [0.717, 1.165) is 6.42 Å². The molecule has 0 aromatic heterocycles. The second kappa shape index (κ2) is 11.4. The van der Waals surface area contributed by atoms with Crippen molar-refractivity contribution in [1.82, 2.24) is 0 Å². The Hall–Kier alpha value is -1.27. The van der Waals surface area contributed by atoms with Crippen LogP contribution in [0.1, 0.15) is 17.5 Å². The van der Waals surface area contributed by atoms with Crippen LogP contribution in [0.3, 0.4) is 0 Å². The summed E-state index contributed by atoms with van der Waals surface area (Å²) in [7, 11) is 0. The fourth-order valence-corrected chi connectivity index (χ4v) is 3.47. The zero-order chi connectivity index (χ0) is 16.7. The van der Waals surface area contributed by atoms with E-state index in [1.807, 2.05) is 60.7 Å². The van der Waals surface area contributed by atoms with Gasteiger partial charge in [0.15, 0.2) is 0 Å². The molecule has 0 spiro atoms. The van der Waals surface area contributed by atoms with E-state index in [1.54, 1.807) is 0 Å². The van der Waals surface area contributed by atoms with Crippen LogP contribution in [0.25, 0.3) is 0 Å². The minimum atomic E-state index is 0. The quantitative estimate of drug-likeness (QED) is 0.195. The van der Waals surface area contributed by atoms with Crippen LogP contribution in [0, 0.1) is 0 Å². The van der Waals surface area contributed by atoms with Crippen molar-refractivity contribution in [2.24, 2.45) is 0 Å². The fraction of sp³-hybridized carbons (Fsp3) is 0.130. The Morgan fingerprint density at radius 1 is 0.769 bits per heavy atom. The van der Waals surface area contributed by atoms with Crippen molar-refractivity contribution in [3.63, 3.8) is 0 Å². The molecule has 1 atom stereocenters. The van der Waals surface area contributed by atoms with Crippen molar-refractivity contribution >= 4 is 11.6 Å². The molecule has 0 radical (unpaired) electrons. The summed E-state index contributed by atoms with van der Waals surface area (Å²) in [5.41, 5.74) is 2.85. The van der Waals surface area contributed by atoms with E-state index < -0.39 is 0 Å². The van der Waals surface area contributed by atoms with Gasteiger partial charge < -0.3 is 29.8 Å². The van der Waals surface area contributed by atoms with Gasteiger partial charge in [-0.25, -0.2) is 36.4 Å². The topological polar surface area (TPSA) is 0 Å². The van der Waals surface area contributed by atoms with Crippen LogP contribution in [-0.2, 0) is 39.6 Å². The molecule has 5 rings (SSSR count). The Labute approximate surface area is 182 Å². The maximum atomic E-state index is 6.29. The van der Waals surface area contributed by atoms with Gasteiger partial charge in [-0.2, -0.15) is 59.5 Å². The molecule has 4 aromatic rings. The largest absolute Gasteiger partial charge is 0.748 e. The summed E-state index contributed by atoms with van der Waals surface area (Å²) >= 11 is 6.29. The van der Waals surface area contributed by atoms with Crippen molar-refractivity contribution in [3.8, 4) is 0 Å². The van der Waals surface area contributed by atoms with Crippen LogP contribution in [0.2, 0.25) is 0 Å². The van der Waals surface area contributed by atoms with Crippen molar-refractivity contribution in [2.75, 3.05) is 0 Å². The van der Waals surface area contributed by atoms with Crippen LogP contribution >= 0.6 is 11.6 Å². The van der Waals surface area contributed by atoms with E-state index in [1.165, 1.54) is 11.1 Å². The molecule has 0 nitrogen and oxygen atoms in total. The van der Waals surface area contributed by atoms with Gasteiger partial charge in [0.25, 0.3) is 0 Å². The average Bonchev–Trinajstić information content (AvgIpc) is 3.37. The molecule has 1 saturated carbocycles. The molecular weight excluding hydrogens is 423 g/mol. The summed E-state index contributed by atoms with van der Waals surface area (Å²) < 4.78 is 0. The van der Waals surface area contributed by atoms with Gasteiger partial charge in [-0.15, -0.1) is 11.6 Å². The molecular formula is C23H21ClFe2-8. The second-order valence-corrected chi connectivity index (χ2v) is 6.44. The monoisotopic (exact) mass is 444 g/mol. The van der Waals surface area contributed by atoms with Gasteiger partial charge in [-0.05, 0) is 0 Å². The molecule has 1 aliphatic carbocycles. The molecule has 1 aliphatic rings. The maximum absolute atomic E-state index is 6.29. The number of hydrogen-bond donors (Lipinski definition) is 0. The van der Waals surface area contributed by atoms with Crippen LogP contribution in [-0.4, -0.2) is 5.38 Å². The Kier molecular flexibility index (Phi) is 10.0. The zero-order valence-electron chi connectivity index (χ0n) is 14.3. The van der Waals surface area contributed by atoms with Crippen LogP contribution in [0.4, 0.5) is 0 Å². The number of rotatable bonds is 2. The van der Waals surface area contributed by atoms with E-state index in [2.05, 4.69) is 48.5 Å². The predicted molar refractivity (Wildman–Crippen MR) is 103 cm³/mol. The smallest absolute Gasteiger partial charge is 0.00195 e. The van der Waals surface area contributed by atoms with Gasteiger partial charge in [0.2, 0.25) is 0 Å². The first-order valence-corrected chi connectivity index (χ1v) is 8.69. The summed E-state index contributed by atoms with van der Waals surface area (Å²) in [5, 5.41) is 0.271. The van der Waals surface area contributed by atoms with E-state index in [9.17, 15) is 0 Å². The maximum Gasteiger partial charge on any atom is 0.00195 e. The molecule has 0 aliphatic heterocycles. The van der Waals surface area contributed by atoms with E-state index in [-0.39, 0.29) is 44.9 Å². The van der Waals surface area contributed by atoms with Gasteiger partial charge in [0, 0.05) is 39.5 Å². The first kappa shape index (κ1) is 22.8. The summed E-state index contributed by atoms with van der Waals surface area (Å²) in [4.78, 5) is 0. The van der Waals surface area contributed by atoms with Gasteiger partial charge in [0.05, 0.1) is 0 Å². The van der Waals surface area contributed by atoms with Crippen LogP contribution in [0.15, 0.2) is 109 Å². The van der Waals surface area contributed by atoms with Gasteiger partial charge in [-0.3, -0.25) is 0 Å². The Morgan fingerprint density at radius 2 is 1.19 bits per heavy atom. The standard InChI is InChI=1S/C13H11Cl.2C5H5.2Fe/c14-12-9-13(12,10-5-1-2-6-10)11-7-3-4-8-11;2*1-2-4-5-3-1;;/h1-8,12H,9H2;2*1-5H;;/q-6;2*-1;;. The summed E-state index contributed by atoms with van der Waals surface area (Å²) in [5.74, 6) is 0. The van der Waals surface area contributed by atoms with Crippen molar-refractivity contribution in [1.29, 1.82) is 0 Å². The van der Waals surface area contributed by atoms with E-state index in [4.69, 9.17) is 11.6 Å². The van der Waals surface area contributed by atoms with Crippen molar-refractivity contribution in [3.05, 3.63) is 120 Å². The molecule has 0 heterocycles. The second-order valence-electron chi connectivity index (χ2n) is 5.91. The van der Waals surface area contributed by atoms with Crippen LogP contribution < -0.4 is 0 Å².